The third-order valence-electron chi connectivity index (χ3n) is 7.84. The van der Waals surface area contributed by atoms with Crippen LogP contribution in [0.4, 0.5) is 4.39 Å². The molecule has 0 bridgehead atoms. The number of hydrogen-bond donors (Lipinski definition) is 2. The predicted molar refractivity (Wildman–Crippen MR) is 148 cm³/mol. The molecule has 40 heavy (non-hydrogen) atoms. The lowest BCUT2D eigenvalue weighted by Crippen LogP contribution is -2.35. The highest BCUT2D eigenvalue weighted by molar-refractivity contribution is 6.30. The first kappa shape index (κ1) is 27.1. The first-order chi connectivity index (χ1) is 19.4. The molecule has 0 unspecified atom stereocenters. The third kappa shape index (κ3) is 5.99. The minimum atomic E-state index is -1.52. The van der Waals surface area contributed by atoms with E-state index in [1.807, 2.05) is 24.3 Å². The summed E-state index contributed by atoms with van der Waals surface area (Å²) in [5.74, 6) is 1.35. The number of benzene rings is 2. The van der Waals surface area contributed by atoms with Gasteiger partial charge < -0.3 is 24.3 Å². The van der Waals surface area contributed by atoms with Crippen molar-refractivity contribution in [3.8, 4) is 5.88 Å². The minimum absolute atomic E-state index is 0.0869. The van der Waals surface area contributed by atoms with Gasteiger partial charge in [0.2, 0.25) is 5.88 Å². The molecule has 2 aromatic carbocycles. The molecule has 0 amide bonds. The summed E-state index contributed by atoms with van der Waals surface area (Å²) in [4.78, 5) is 12.0. The van der Waals surface area contributed by atoms with Gasteiger partial charge in [0.25, 0.3) is 0 Å². The maximum Gasteiger partial charge on any atom is 0.213 e. The van der Waals surface area contributed by atoms with Gasteiger partial charge in [-0.15, -0.1) is 0 Å². The van der Waals surface area contributed by atoms with Crippen molar-refractivity contribution in [2.75, 3.05) is 19.7 Å². The average molecular weight is 567 g/mol. The van der Waals surface area contributed by atoms with Gasteiger partial charge in [-0.05, 0) is 62.7 Å². The van der Waals surface area contributed by atoms with Crippen LogP contribution in [-0.4, -0.2) is 55.4 Å². The average Bonchev–Trinajstić information content (AvgIpc) is 3.26. The van der Waals surface area contributed by atoms with Crippen molar-refractivity contribution in [3.05, 3.63) is 88.1 Å². The second-order valence-corrected chi connectivity index (χ2v) is 11.0. The Morgan fingerprint density at radius 2 is 1.88 bits per heavy atom. The number of likely N-dealkylation sites (tertiary alicyclic amines) is 1. The number of ether oxygens (including phenoxy) is 2. The fraction of sp³-hybridized carbons (Fsp3) is 0.400. The lowest BCUT2D eigenvalue weighted by Gasteiger charge is -2.32. The number of piperidine rings is 1. The van der Waals surface area contributed by atoms with Crippen LogP contribution in [0.3, 0.4) is 0 Å². The second kappa shape index (κ2) is 11.8. The first-order valence-electron chi connectivity index (χ1n) is 13.7. The molecule has 0 saturated carbocycles. The molecule has 2 aromatic heterocycles. The molecule has 2 fully saturated rings. The van der Waals surface area contributed by atoms with Gasteiger partial charge in [0, 0.05) is 40.4 Å². The molecule has 10 heteroatoms. The fourth-order valence-electron chi connectivity index (χ4n) is 5.42. The number of hydrogen-bond acceptors (Lipinski definition) is 7. The molecule has 2 aliphatic rings. The molecule has 0 spiro atoms. The van der Waals surface area contributed by atoms with Gasteiger partial charge in [0.15, 0.2) is 6.29 Å². The van der Waals surface area contributed by atoms with Crippen LogP contribution in [0.15, 0.2) is 54.6 Å². The van der Waals surface area contributed by atoms with E-state index in [4.69, 9.17) is 31.0 Å². The van der Waals surface area contributed by atoms with Crippen molar-refractivity contribution in [1.29, 1.82) is 0 Å². The second-order valence-electron chi connectivity index (χ2n) is 10.5. The van der Waals surface area contributed by atoms with Crippen molar-refractivity contribution >= 4 is 22.6 Å². The number of pyridine rings is 1. The van der Waals surface area contributed by atoms with E-state index in [0.717, 1.165) is 61.5 Å². The highest BCUT2D eigenvalue weighted by atomic mass is 35.5. The van der Waals surface area contributed by atoms with E-state index in [0.29, 0.717) is 41.0 Å². The van der Waals surface area contributed by atoms with E-state index in [9.17, 15) is 14.6 Å². The van der Waals surface area contributed by atoms with Gasteiger partial charge in [-0.3, -0.25) is 4.90 Å². The van der Waals surface area contributed by atoms with Crippen LogP contribution in [0, 0.1) is 5.82 Å². The zero-order chi connectivity index (χ0) is 27.6. The van der Waals surface area contributed by atoms with E-state index in [2.05, 4.69) is 9.47 Å². The highest BCUT2D eigenvalue weighted by Gasteiger charge is 2.26. The topological polar surface area (TPSA) is 92.9 Å². The van der Waals surface area contributed by atoms with Crippen molar-refractivity contribution in [2.45, 2.75) is 57.3 Å². The summed E-state index contributed by atoms with van der Waals surface area (Å²) >= 11 is 5.84. The van der Waals surface area contributed by atoms with Crippen LogP contribution in [0.25, 0.3) is 11.0 Å². The molecule has 4 aromatic rings. The lowest BCUT2D eigenvalue weighted by molar-refractivity contribution is -0.0592. The molecular weight excluding hydrogens is 535 g/mol. The lowest BCUT2D eigenvalue weighted by atomic mass is 9.93. The van der Waals surface area contributed by atoms with Gasteiger partial charge in [-0.2, -0.15) is 0 Å². The number of aromatic nitrogens is 3. The Morgan fingerprint density at radius 1 is 1.05 bits per heavy atom. The molecular formula is C30H32ClFN4O4. The van der Waals surface area contributed by atoms with Crippen molar-refractivity contribution in [3.63, 3.8) is 0 Å². The summed E-state index contributed by atoms with van der Waals surface area (Å²) < 4.78 is 27.8. The molecule has 8 nitrogen and oxygen atoms in total. The Labute approximate surface area is 236 Å². The van der Waals surface area contributed by atoms with Crippen molar-refractivity contribution < 1.29 is 24.1 Å². The Bertz CT molecular complexity index is 1480. The predicted octanol–water partition coefficient (Wildman–Crippen LogP) is 4.95. The Morgan fingerprint density at radius 3 is 2.60 bits per heavy atom. The van der Waals surface area contributed by atoms with Crippen molar-refractivity contribution in [1.82, 2.24) is 19.4 Å². The molecule has 4 heterocycles. The van der Waals surface area contributed by atoms with Crippen LogP contribution >= 0.6 is 11.6 Å². The number of aliphatic hydroxyl groups is 2. The number of nitrogens with zero attached hydrogens (tertiary/aromatic N) is 4. The van der Waals surface area contributed by atoms with Gasteiger partial charge in [0.1, 0.15) is 18.2 Å². The molecule has 2 aliphatic heterocycles. The number of fused-ring (bicyclic) bond motifs is 1. The molecule has 2 N–H and O–H groups in total. The molecule has 0 aliphatic carbocycles. The summed E-state index contributed by atoms with van der Waals surface area (Å²) in [6.45, 7) is 4.06. The van der Waals surface area contributed by atoms with E-state index < -0.39 is 12.1 Å². The number of rotatable bonds is 9. The quantitative estimate of drug-likeness (QED) is 0.277. The largest absolute Gasteiger partial charge is 0.473 e. The monoisotopic (exact) mass is 566 g/mol. The Hall–Kier alpha value is -3.08. The van der Waals surface area contributed by atoms with Crippen LogP contribution in [-0.2, 0) is 24.4 Å². The zero-order valence-corrected chi connectivity index (χ0v) is 22.8. The Kier molecular flexibility index (Phi) is 8.00. The van der Waals surface area contributed by atoms with Gasteiger partial charge in [0.05, 0.1) is 30.2 Å². The number of aliphatic hydroxyl groups excluding tert-OH is 1. The number of halogens is 2. The van der Waals surface area contributed by atoms with Crippen LogP contribution in [0.2, 0.25) is 5.02 Å². The SMILES string of the molecule is OC(O)c1ccc2nc(CN3CCC(c4cccc(OCc5ccc(Cl)cc5F)n4)CC3)n(C[C@@H]3CCO3)c2c1. The molecule has 0 radical (unpaired) electrons. The molecule has 1 atom stereocenters. The van der Waals surface area contributed by atoms with Gasteiger partial charge in [-0.1, -0.05) is 29.8 Å². The van der Waals surface area contributed by atoms with Crippen LogP contribution in [0.1, 0.15) is 54.1 Å². The third-order valence-corrected chi connectivity index (χ3v) is 8.07. The van der Waals surface area contributed by atoms with Crippen LogP contribution in [0.5, 0.6) is 5.88 Å². The Balaban J connectivity index is 1.10. The minimum Gasteiger partial charge on any atom is -0.473 e. The number of imidazole rings is 1. The first-order valence-corrected chi connectivity index (χ1v) is 14.0. The van der Waals surface area contributed by atoms with Gasteiger partial charge >= 0.3 is 0 Å². The smallest absolute Gasteiger partial charge is 0.213 e. The molecule has 6 rings (SSSR count). The van der Waals surface area contributed by atoms with E-state index in [1.54, 1.807) is 24.3 Å². The van der Waals surface area contributed by atoms with Crippen molar-refractivity contribution in [2.24, 2.45) is 0 Å². The van der Waals surface area contributed by atoms with E-state index in [-0.39, 0.29) is 12.7 Å². The maximum atomic E-state index is 14.1. The molecule has 210 valence electrons. The maximum absolute atomic E-state index is 14.1. The highest BCUT2D eigenvalue weighted by Crippen LogP contribution is 2.30. The summed E-state index contributed by atoms with van der Waals surface area (Å²) in [6.07, 6.45) is 1.55. The summed E-state index contributed by atoms with van der Waals surface area (Å²) in [6, 6.07) is 15.7. The van der Waals surface area contributed by atoms with E-state index >= 15 is 0 Å². The normalized spacial score (nSPS) is 18.4. The van der Waals surface area contributed by atoms with Crippen LogP contribution < -0.4 is 4.74 Å². The molecule has 2 saturated heterocycles. The summed E-state index contributed by atoms with van der Waals surface area (Å²) in [5, 5.41) is 19.7. The van der Waals surface area contributed by atoms with Gasteiger partial charge in [-0.25, -0.2) is 14.4 Å². The summed E-state index contributed by atoms with van der Waals surface area (Å²) in [7, 11) is 0. The van der Waals surface area contributed by atoms with E-state index in [1.165, 1.54) is 6.07 Å². The zero-order valence-electron chi connectivity index (χ0n) is 22.0. The fourth-order valence-corrected chi connectivity index (χ4v) is 5.58. The summed E-state index contributed by atoms with van der Waals surface area (Å²) in [5.41, 5.74) is 3.60. The standard InChI is InChI=1S/C30H32ClFN4O4/c31-22-6-4-21(24(32)15-22)18-40-29-3-1-2-25(34-29)19-8-11-35(12-9-19)17-28-33-26-7-5-20(30(37)38)14-27(26)36(28)16-23-10-13-39-23/h1-7,14-15,19,23,30,37-38H,8-13,16-18H2/t23-/m0/s1.